The number of aromatic nitrogens is 2. The molecule has 0 saturated carbocycles. The minimum absolute atomic E-state index is 0.165. The third-order valence-electron chi connectivity index (χ3n) is 2.36. The Balaban J connectivity index is 1.97. The van der Waals surface area contributed by atoms with E-state index >= 15 is 0 Å². The summed E-state index contributed by atoms with van der Waals surface area (Å²) in [6, 6.07) is 0. The van der Waals surface area contributed by atoms with E-state index in [9.17, 15) is 10.1 Å². The Morgan fingerprint density at radius 3 is 3.00 bits per heavy atom. The van der Waals surface area contributed by atoms with Crippen molar-refractivity contribution in [3.05, 3.63) is 63.9 Å². The predicted octanol–water partition coefficient (Wildman–Crippen LogP) is 2.00. The number of allylic oxidation sites excluding steroid dienone is 5. The summed E-state index contributed by atoms with van der Waals surface area (Å²) in [6.45, 7) is 0. The van der Waals surface area contributed by atoms with Crippen LogP contribution in [0.4, 0.5) is 0 Å². The van der Waals surface area contributed by atoms with Gasteiger partial charge in [0.2, 0.25) is 0 Å². The standard InChI is InChI=1S/C11H11N3O2/c15-14(16)11-5-2-9(3-6-11)1-4-10-7-12-8-13-10/h1-2,5-8H,3-4H2,(H,12,13). The van der Waals surface area contributed by atoms with Crippen LogP contribution >= 0.6 is 0 Å². The predicted molar refractivity (Wildman–Crippen MR) is 59.2 cm³/mol. The lowest BCUT2D eigenvalue weighted by atomic mass is 10.0. The summed E-state index contributed by atoms with van der Waals surface area (Å²) in [4.78, 5) is 17.0. The van der Waals surface area contributed by atoms with Crippen molar-refractivity contribution in [2.24, 2.45) is 0 Å². The molecular formula is C11H11N3O2. The van der Waals surface area contributed by atoms with Gasteiger partial charge in [0.15, 0.2) is 0 Å². The summed E-state index contributed by atoms with van der Waals surface area (Å²) in [5, 5.41) is 10.5. The Bertz CT molecular complexity index is 469. The van der Waals surface area contributed by atoms with Gasteiger partial charge in [-0.25, -0.2) is 4.98 Å². The van der Waals surface area contributed by atoms with E-state index in [4.69, 9.17) is 0 Å². The first-order chi connectivity index (χ1) is 7.75. The van der Waals surface area contributed by atoms with E-state index in [-0.39, 0.29) is 10.6 Å². The zero-order valence-electron chi connectivity index (χ0n) is 8.59. The lowest BCUT2D eigenvalue weighted by Gasteiger charge is -2.03. The molecule has 5 heteroatoms. The SMILES string of the molecule is O=[N+]([O-])C1=CCC(=CCc2cnc[nH]2)C=C1. The lowest BCUT2D eigenvalue weighted by Crippen LogP contribution is -1.99. The molecule has 5 nitrogen and oxygen atoms in total. The molecule has 1 aromatic heterocycles. The van der Waals surface area contributed by atoms with Gasteiger partial charge in [0.1, 0.15) is 0 Å². The maximum absolute atomic E-state index is 10.5. The molecule has 0 unspecified atom stereocenters. The monoisotopic (exact) mass is 217 g/mol. The van der Waals surface area contributed by atoms with E-state index in [0.717, 1.165) is 17.7 Å². The van der Waals surface area contributed by atoms with Crippen LogP contribution in [0.5, 0.6) is 0 Å². The van der Waals surface area contributed by atoms with Crippen LogP contribution in [0.25, 0.3) is 0 Å². The Labute approximate surface area is 92.4 Å². The van der Waals surface area contributed by atoms with Crippen LogP contribution < -0.4 is 0 Å². The highest BCUT2D eigenvalue weighted by atomic mass is 16.6. The number of nitro groups is 1. The van der Waals surface area contributed by atoms with Crippen LogP contribution in [0.2, 0.25) is 0 Å². The average Bonchev–Trinajstić information content (AvgIpc) is 2.80. The molecule has 0 atom stereocenters. The van der Waals surface area contributed by atoms with Gasteiger partial charge in [0.05, 0.1) is 11.3 Å². The third-order valence-corrected chi connectivity index (χ3v) is 2.36. The smallest absolute Gasteiger partial charge is 0.265 e. The van der Waals surface area contributed by atoms with Crippen molar-refractivity contribution in [3.8, 4) is 0 Å². The molecule has 1 aliphatic carbocycles. The molecule has 0 bridgehead atoms. The molecule has 1 heterocycles. The summed E-state index contributed by atoms with van der Waals surface area (Å²) < 4.78 is 0. The van der Waals surface area contributed by atoms with Gasteiger partial charge in [-0.2, -0.15) is 0 Å². The van der Waals surface area contributed by atoms with Gasteiger partial charge in [-0.05, 0) is 18.1 Å². The number of aromatic amines is 1. The molecule has 0 aliphatic heterocycles. The second-order valence-corrected chi connectivity index (χ2v) is 3.48. The van der Waals surface area contributed by atoms with Crippen LogP contribution in [0.15, 0.2) is 48.1 Å². The van der Waals surface area contributed by atoms with Gasteiger partial charge in [0, 0.05) is 24.4 Å². The number of hydrogen-bond donors (Lipinski definition) is 1. The Hall–Kier alpha value is -2.17. The molecule has 1 aromatic rings. The van der Waals surface area contributed by atoms with Crippen molar-refractivity contribution in [2.75, 3.05) is 0 Å². The van der Waals surface area contributed by atoms with Crippen molar-refractivity contribution in [3.63, 3.8) is 0 Å². The molecular weight excluding hydrogens is 206 g/mol. The highest BCUT2D eigenvalue weighted by Crippen LogP contribution is 2.16. The summed E-state index contributed by atoms with van der Waals surface area (Å²) >= 11 is 0. The number of nitrogens with zero attached hydrogens (tertiary/aromatic N) is 2. The fourth-order valence-corrected chi connectivity index (χ4v) is 1.48. The van der Waals surface area contributed by atoms with Gasteiger partial charge in [0.25, 0.3) is 5.70 Å². The molecule has 0 aromatic carbocycles. The van der Waals surface area contributed by atoms with Gasteiger partial charge < -0.3 is 4.98 Å². The molecule has 0 saturated heterocycles. The Morgan fingerprint density at radius 2 is 2.44 bits per heavy atom. The fourth-order valence-electron chi connectivity index (χ4n) is 1.48. The number of H-pyrrole nitrogens is 1. The van der Waals surface area contributed by atoms with E-state index in [0.29, 0.717) is 6.42 Å². The second-order valence-electron chi connectivity index (χ2n) is 3.48. The summed E-state index contributed by atoms with van der Waals surface area (Å²) in [7, 11) is 0. The zero-order valence-corrected chi connectivity index (χ0v) is 8.59. The maximum atomic E-state index is 10.5. The average molecular weight is 217 g/mol. The minimum atomic E-state index is -0.373. The van der Waals surface area contributed by atoms with E-state index < -0.39 is 0 Å². The molecule has 0 amide bonds. The van der Waals surface area contributed by atoms with Crippen LogP contribution in [-0.2, 0) is 6.42 Å². The number of imidazole rings is 1. The van der Waals surface area contributed by atoms with Crippen molar-refractivity contribution in [2.45, 2.75) is 12.8 Å². The topological polar surface area (TPSA) is 71.8 Å². The molecule has 1 N–H and O–H groups in total. The first-order valence-corrected chi connectivity index (χ1v) is 4.94. The van der Waals surface area contributed by atoms with Crippen LogP contribution in [0, 0.1) is 10.1 Å². The quantitative estimate of drug-likeness (QED) is 0.621. The van der Waals surface area contributed by atoms with Gasteiger partial charge >= 0.3 is 0 Å². The lowest BCUT2D eigenvalue weighted by molar-refractivity contribution is -0.419. The summed E-state index contributed by atoms with van der Waals surface area (Å²) in [5.41, 5.74) is 2.28. The van der Waals surface area contributed by atoms with Crippen molar-refractivity contribution in [1.29, 1.82) is 0 Å². The van der Waals surface area contributed by atoms with Crippen LogP contribution in [0.1, 0.15) is 12.1 Å². The molecule has 0 fully saturated rings. The van der Waals surface area contributed by atoms with Crippen molar-refractivity contribution >= 4 is 0 Å². The normalized spacial score (nSPS) is 17.5. The summed E-state index contributed by atoms with van der Waals surface area (Å²) in [6.07, 6.45) is 11.8. The molecule has 82 valence electrons. The van der Waals surface area contributed by atoms with E-state index in [1.54, 1.807) is 24.7 Å². The fraction of sp³-hybridized carbons (Fsp3) is 0.182. The first kappa shape index (κ1) is 10.4. The largest absolute Gasteiger partial charge is 0.348 e. The van der Waals surface area contributed by atoms with E-state index in [1.807, 2.05) is 6.08 Å². The Morgan fingerprint density at radius 1 is 1.56 bits per heavy atom. The molecule has 1 aliphatic rings. The minimum Gasteiger partial charge on any atom is -0.348 e. The van der Waals surface area contributed by atoms with E-state index in [2.05, 4.69) is 9.97 Å². The van der Waals surface area contributed by atoms with Crippen LogP contribution in [-0.4, -0.2) is 14.9 Å². The third kappa shape index (κ3) is 2.44. The zero-order chi connectivity index (χ0) is 11.4. The Kier molecular flexibility index (Phi) is 2.95. The van der Waals surface area contributed by atoms with Crippen LogP contribution in [0.3, 0.4) is 0 Å². The highest BCUT2D eigenvalue weighted by molar-refractivity contribution is 5.32. The van der Waals surface area contributed by atoms with Crippen molar-refractivity contribution in [1.82, 2.24) is 9.97 Å². The highest BCUT2D eigenvalue weighted by Gasteiger charge is 2.09. The number of rotatable bonds is 3. The number of hydrogen-bond acceptors (Lipinski definition) is 3. The van der Waals surface area contributed by atoms with Gasteiger partial charge in [-0.1, -0.05) is 12.2 Å². The summed E-state index contributed by atoms with van der Waals surface area (Å²) in [5.74, 6) is 0. The van der Waals surface area contributed by atoms with Crippen molar-refractivity contribution < 1.29 is 4.92 Å². The van der Waals surface area contributed by atoms with Gasteiger partial charge in [-0.15, -0.1) is 0 Å². The second kappa shape index (κ2) is 4.57. The first-order valence-electron chi connectivity index (χ1n) is 4.94. The van der Waals surface area contributed by atoms with Gasteiger partial charge in [-0.3, -0.25) is 10.1 Å². The maximum Gasteiger partial charge on any atom is 0.265 e. The molecule has 0 radical (unpaired) electrons. The molecule has 2 rings (SSSR count). The number of nitrogens with one attached hydrogen (secondary N) is 1. The van der Waals surface area contributed by atoms with E-state index in [1.165, 1.54) is 6.08 Å². The molecule has 16 heavy (non-hydrogen) atoms. The molecule has 0 spiro atoms.